The third kappa shape index (κ3) is 3.55. The highest BCUT2D eigenvalue weighted by molar-refractivity contribution is 5.94. The van der Waals surface area contributed by atoms with Crippen LogP contribution in [0.25, 0.3) is 0 Å². The number of esters is 1. The van der Waals surface area contributed by atoms with Gasteiger partial charge in [-0.05, 0) is 56.2 Å². The zero-order chi connectivity index (χ0) is 17.1. The van der Waals surface area contributed by atoms with Gasteiger partial charge in [0.1, 0.15) is 11.3 Å². The number of phenolic OH excluding ortho intramolecular Hbond substituents is 1. The average molecular weight is 331 g/mol. The molecule has 0 unspecified atom stereocenters. The highest BCUT2D eigenvalue weighted by atomic mass is 16.5. The van der Waals surface area contributed by atoms with E-state index < -0.39 is 5.97 Å². The summed E-state index contributed by atoms with van der Waals surface area (Å²) in [6.45, 7) is 2.33. The van der Waals surface area contributed by atoms with E-state index in [9.17, 15) is 14.7 Å². The summed E-state index contributed by atoms with van der Waals surface area (Å²) in [6.07, 6.45) is 6.91. The van der Waals surface area contributed by atoms with Crippen molar-refractivity contribution in [3.63, 3.8) is 0 Å². The first-order valence-corrected chi connectivity index (χ1v) is 8.82. The van der Waals surface area contributed by atoms with Crippen molar-refractivity contribution in [3.8, 4) is 5.75 Å². The zero-order valence-corrected chi connectivity index (χ0v) is 14.2. The van der Waals surface area contributed by atoms with Crippen LogP contribution in [0, 0.1) is 12.8 Å². The lowest BCUT2D eigenvalue weighted by molar-refractivity contribution is -0.140. The van der Waals surface area contributed by atoms with Gasteiger partial charge in [-0.2, -0.15) is 0 Å². The summed E-state index contributed by atoms with van der Waals surface area (Å²) < 4.78 is 5.15. The normalized spacial score (nSPS) is 23.5. The number of piperidine rings is 1. The van der Waals surface area contributed by atoms with E-state index in [0.717, 1.165) is 24.9 Å². The Bertz CT molecular complexity index is 626. The Labute approximate surface area is 142 Å². The molecule has 24 heavy (non-hydrogen) atoms. The number of carbonyl (C=O) groups is 2. The summed E-state index contributed by atoms with van der Waals surface area (Å²) in [5, 5.41) is 9.83. The Morgan fingerprint density at radius 1 is 1.21 bits per heavy atom. The molecule has 1 aliphatic carbocycles. The number of rotatable bonds is 3. The van der Waals surface area contributed by atoms with Crippen molar-refractivity contribution in [2.45, 2.75) is 51.5 Å². The fraction of sp³-hybridized carbons (Fsp3) is 0.579. The first-order chi connectivity index (χ1) is 11.6. The molecular weight excluding hydrogens is 306 g/mol. The molecule has 1 aromatic rings. The summed E-state index contributed by atoms with van der Waals surface area (Å²) >= 11 is 0. The number of amides is 1. The minimum Gasteiger partial charge on any atom is -0.507 e. The van der Waals surface area contributed by atoms with Gasteiger partial charge in [0, 0.05) is 12.6 Å². The monoisotopic (exact) mass is 331 g/mol. The van der Waals surface area contributed by atoms with E-state index in [1.54, 1.807) is 6.07 Å². The maximum Gasteiger partial charge on any atom is 0.342 e. The number of likely N-dealkylation sites (tertiary alicyclic amines) is 1. The fourth-order valence-corrected chi connectivity index (χ4v) is 4.04. The Kier molecular flexibility index (Phi) is 5.07. The molecule has 1 aliphatic heterocycles. The van der Waals surface area contributed by atoms with Crippen LogP contribution in [0.1, 0.15) is 54.4 Å². The van der Waals surface area contributed by atoms with Crippen LogP contribution in [0.4, 0.5) is 0 Å². The molecule has 2 fully saturated rings. The summed E-state index contributed by atoms with van der Waals surface area (Å²) in [4.78, 5) is 26.5. The number of carbonyl (C=O) groups excluding carboxylic acids is 2. The molecule has 1 N–H and O–H groups in total. The Morgan fingerprint density at radius 2 is 1.96 bits per heavy atom. The van der Waals surface area contributed by atoms with E-state index >= 15 is 0 Å². The van der Waals surface area contributed by atoms with Gasteiger partial charge < -0.3 is 14.7 Å². The first-order valence-electron chi connectivity index (χ1n) is 8.82. The van der Waals surface area contributed by atoms with Crippen molar-refractivity contribution in [1.82, 2.24) is 4.90 Å². The van der Waals surface area contributed by atoms with Crippen LogP contribution < -0.4 is 0 Å². The zero-order valence-electron chi connectivity index (χ0n) is 14.2. The summed E-state index contributed by atoms with van der Waals surface area (Å²) in [6, 6.07) is 5.08. The number of benzene rings is 1. The third-order valence-electron chi connectivity index (χ3n) is 5.26. The molecule has 1 aromatic carbocycles. The minimum atomic E-state index is -0.655. The van der Waals surface area contributed by atoms with Crippen molar-refractivity contribution in [2.75, 3.05) is 13.2 Å². The third-order valence-corrected chi connectivity index (χ3v) is 5.26. The number of aryl methyl sites for hydroxylation is 1. The second-order valence-electron chi connectivity index (χ2n) is 6.94. The molecule has 1 amide bonds. The number of phenols is 1. The summed E-state index contributed by atoms with van der Waals surface area (Å²) in [5.74, 6) is -0.282. The van der Waals surface area contributed by atoms with Gasteiger partial charge in [0.15, 0.2) is 6.61 Å². The molecule has 0 spiro atoms. The molecule has 1 heterocycles. The molecule has 0 radical (unpaired) electrons. The smallest absolute Gasteiger partial charge is 0.342 e. The average Bonchev–Trinajstić information content (AvgIpc) is 2.59. The van der Waals surface area contributed by atoms with E-state index in [2.05, 4.69) is 0 Å². The SMILES string of the molecule is Cc1ccc(C(=O)OCC(=O)N2CCC[C@@H]3CCCC[C@@H]32)c(O)c1. The van der Waals surface area contributed by atoms with Gasteiger partial charge in [-0.25, -0.2) is 4.79 Å². The van der Waals surface area contributed by atoms with Gasteiger partial charge in [0.05, 0.1) is 0 Å². The van der Waals surface area contributed by atoms with Gasteiger partial charge in [-0.3, -0.25) is 4.79 Å². The van der Waals surface area contributed by atoms with Gasteiger partial charge in [-0.1, -0.05) is 18.9 Å². The molecule has 1 saturated carbocycles. The van der Waals surface area contributed by atoms with Gasteiger partial charge in [0.2, 0.25) is 0 Å². The van der Waals surface area contributed by atoms with E-state index in [1.807, 2.05) is 11.8 Å². The van der Waals surface area contributed by atoms with Gasteiger partial charge in [-0.15, -0.1) is 0 Å². The number of aromatic hydroxyl groups is 1. The molecule has 0 bridgehead atoms. The largest absolute Gasteiger partial charge is 0.507 e. The summed E-state index contributed by atoms with van der Waals surface area (Å²) in [7, 11) is 0. The quantitative estimate of drug-likeness (QED) is 0.865. The van der Waals surface area contributed by atoms with Crippen LogP contribution in [0.3, 0.4) is 0 Å². The van der Waals surface area contributed by atoms with E-state index in [0.29, 0.717) is 12.0 Å². The van der Waals surface area contributed by atoms with Crippen LogP contribution in [-0.2, 0) is 9.53 Å². The number of fused-ring (bicyclic) bond motifs is 1. The van der Waals surface area contributed by atoms with Crippen molar-refractivity contribution < 1.29 is 19.4 Å². The maximum atomic E-state index is 12.5. The van der Waals surface area contributed by atoms with Crippen LogP contribution >= 0.6 is 0 Å². The van der Waals surface area contributed by atoms with Gasteiger partial charge >= 0.3 is 5.97 Å². The molecule has 0 aromatic heterocycles. The molecule has 2 atom stereocenters. The van der Waals surface area contributed by atoms with Crippen molar-refractivity contribution >= 4 is 11.9 Å². The van der Waals surface area contributed by atoms with Crippen molar-refractivity contribution in [1.29, 1.82) is 0 Å². The maximum absolute atomic E-state index is 12.5. The van der Waals surface area contributed by atoms with Crippen molar-refractivity contribution in [3.05, 3.63) is 29.3 Å². The second kappa shape index (κ2) is 7.24. The highest BCUT2D eigenvalue weighted by Gasteiger charge is 2.35. The number of ether oxygens (including phenoxy) is 1. The Balaban J connectivity index is 1.59. The molecule has 1 saturated heterocycles. The molecule has 130 valence electrons. The standard InChI is InChI=1S/C19H25NO4/c1-13-8-9-15(17(21)11-13)19(23)24-12-18(22)20-10-4-6-14-5-2-3-7-16(14)20/h8-9,11,14,16,21H,2-7,10,12H2,1H3/t14-,16-/m0/s1. The Hall–Kier alpha value is -2.04. The van der Waals surface area contributed by atoms with Crippen LogP contribution in [0.5, 0.6) is 5.75 Å². The topological polar surface area (TPSA) is 66.8 Å². The Morgan fingerprint density at radius 3 is 2.75 bits per heavy atom. The van der Waals surface area contributed by atoms with Gasteiger partial charge in [0.25, 0.3) is 5.91 Å². The van der Waals surface area contributed by atoms with Crippen molar-refractivity contribution in [2.24, 2.45) is 5.92 Å². The number of hydrogen-bond acceptors (Lipinski definition) is 4. The van der Waals surface area contributed by atoms with Crippen LogP contribution in [0.15, 0.2) is 18.2 Å². The lowest BCUT2D eigenvalue weighted by Crippen LogP contribution is -2.50. The van der Waals surface area contributed by atoms with E-state index in [4.69, 9.17) is 4.74 Å². The lowest BCUT2D eigenvalue weighted by Gasteiger charge is -2.44. The van der Waals surface area contributed by atoms with Crippen LogP contribution in [-0.4, -0.2) is 41.1 Å². The minimum absolute atomic E-state index is 0.0996. The predicted molar refractivity (Wildman–Crippen MR) is 89.8 cm³/mol. The molecule has 3 rings (SSSR count). The second-order valence-corrected chi connectivity index (χ2v) is 6.94. The highest BCUT2D eigenvalue weighted by Crippen LogP contribution is 2.35. The van der Waals surface area contributed by atoms with Crippen LogP contribution in [0.2, 0.25) is 0 Å². The number of nitrogens with zero attached hydrogens (tertiary/aromatic N) is 1. The molecular formula is C19H25NO4. The molecule has 2 aliphatic rings. The molecule has 5 nitrogen and oxygen atoms in total. The predicted octanol–water partition coefficient (Wildman–Crippen LogP) is 3.04. The van der Waals surface area contributed by atoms with E-state index in [-0.39, 0.29) is 23.8 Å². The summed E-state index contributed by atoms with van der Waals surface area (Å²) in [5.41, 5.74) is 0.958. The molecule has 5 heteroatoms. The number of hydrogen-bond donors (Lipinski definition) is 1. The van der Waals surface area contributed by atoms with E-state index in [1.165, 1.54) is 37.8 Å². The fourth-order valence-electron chi connectivity index (χ4n) is 4.04. The lowest BCUT2D eigenvalue weighted by atomic mass is 9.78. The first kappa shape index (κ1) is 16.8.